The maximum atomic E-state index is 12.0. The second kappa shape index (κ2) is 6.40. The third-order valence-electron chi connectivity index (χ3n) is 4.27. The number of ether oxygens (including phenoxy) is 1. The van der Waals surface area contributed by atoms with Crippen LogP contribution in [0.3, 0.4) is 0 Å². The zero-order valence-electron chi connectivity index (χ0n) is 11.9. The van der Waals surface area contributed by atoms with E-state index in [1.807, 2.05) is 6.07 Å². The lowest BCUT2D eigenvalue weighted by atomic mass is 9.95. The molecule has 1 fully saturated rings. The molecule has 3 heteroatoms. The van der Waals surface area contributed by atoms with Gasteiger partial charge in [0.1, 0.15) is 0 Å². The maximum absolute atomic E-state index is 12.0. The van der Waals surface area contributed by atoms with Gasteiger partial charge < -0.3 is 10.1 Å². The fraction of sp³-hybridized carbons (Fsp3) is 0.588. The smallest absolute Gasteiger partial charge is 0.222 e. The molecule has 1 heterocycles. The van der Waals surface area contributed by atoms with Crippen LogP contribution in [-0.4, -0.2) is 19.1 Å². The third-order valence-corrected chi connectivity index (χ3v) is 4.27. The number of nitrogens with one attached hydrogen (secondary N) is 1. The zero-order valence-corrected chi connectivity index (χ0v) is 11.9. The standard InChI is InChI=1S/C17H23NO2/c19-17(18-10-3-4-13-7-8-13)12-16-15-6-2-1-5-14(15)9-11-20-16/h1-2,5-6,13,16H,3-4,7-12H2,(H,18,19). The normalized spacial score (nSPS) is 21.3. The first kappa shape index (κ1) is 13.6. The van der Waals surface area contributed by atoms with Crippen LogP contribution in [0.4, 0.5) is 0 Å². The number of hydrogen-bond acceptors (Lipinski definition) is 2. The molecule has 0 radical (unpaired) electrons. The van der Waals surface area contributed by atoms with Gasteiger partial charge in [0.05, 0.1) is 19.1 Å². The fourth-order valence-corrected chi connectivity index (χ4v) is 2.91. The zero-order chi connectivity index (χ0) is 13.8. The summed E-state index contributed by atoms with van der Waals surface area (Å²) < 4.78 is 5.77. The van der Waals surface area contributed by atoms with E-state index in [1.54, 1.807) is 0 Å². The number of hydrogen-bond donors (Lipinski definition) is 1. The Bertz CT molecular complexity index is 468. The van der Waals surface area contributed by atoms with Crippen LogP contribution in [0.2, 0.25) is 0 Å². The molecule has 0 saturated heterocycles. The van der Waals surface area contributed by atoms with Crippen molar-refractivity contribution in [2.75, 3.05) is 13.2 Å². The lowest BCUT2D eigenvalue weighted by Crippen LogP contribution is -2.28. The third kappa shape index (κ3) is 3.60. The van der Waals surface area contributed by atoms with Crippen LogP contribution in [0.1, 0.15) is 49.3 Å². The summed E-state index contributed by atoms with van der Waals surface area (Å²) in [5.41, 5.74) is 2.51. The topological polar surface area (TPSA) is 38.3 Å². The Morgan fingerprint density at radius 2 is 2.15 bits per heavy atom. The molecule has 3 nitrogen and oxygen atoms in total. The Labute approximate surface area is 120 Å². The van der Waals surface area contributed by atoms with Gasteiger partial charge in [-0.05, 0) is 36.3 Å². The van der Waals surface area contributed by atoms with Crippen LogP contribution in [0.5, 0.6) is 0 Å². The highest BCUT2D eigenvalue weighted by Gasteiger charge is 2.23. The van der Waals surface area contributed by atoms with E-state index in [4.69, 9.17) is 4.74 Å². The summed E-state index contributed by atoms with van der Waals surface area (Å²) in [5.74, 6) is 1.06. The van der Waals surface area contributed by atoms with Crippen molar-refractivity contribution in [2.45, 2.75) is 44.6 Å². The number of carbonyl (C=O) groups is 1. The summed E-state index contributed by atoms with van der Waals surface area (Å²) in [6.07, 6.45) is 6.49. The molecule has 1 amide bonds. The van der Waals surface area contributed by atoms with Crippen molar-refractivity contribution in [1.82, 2.24) is 5.32 Å². The van der Waals surface area contributed by atoms with E-state index >= 15 is 0 Å². The van der Waals surface area contributed by atoms with E-state index in [2.05, 4.69) is 23.5 Å². The van der Waals surface area contributed by atoms with Gasteiger partial charge in [-0.2, -0.15) is 0 Å². The van der Waals surface area contributed by atoms with E-state index in [0.717, 1.165) is 31.9 Å². The Kier molecular flexibility index (Phi) is 4.36. The van der Waals surface area contributed by atoms with Gasteiger partial charge in [-0.3, -0.25) is 4.79 Å². The molecule has 1 saturated carbocycles. The van der Waals surface area contributed by atoms with Gasteiger partial charge in [0.25, 0.3) is 0 Å². The Morgan fingerprint density at radius 3 is 3.00 bits per heavy atom. The molecule has 2 aliphatic rings. The van der Waals surface area contributed by atoms with Crippen molar-refractivity contribution in [2.24, 2.45) is 5.92 Å². The molecular weight excluding hydrogens is 250 g/mol. The first-order chi connectivity index (χ1) is 9.83. The molecule has 1 aliphatic carbocycles. The van der Waals surface area contributed by atoms with Gasteiger partial charge in [0.2, 0.25) is 5.91 Å². The molecule has 0 aromatic heterocycles. The fourth-order valence-electron chi connectivity index (χ4n) is 2.91. The van der Waals surface area contributed by atoms with Gasteiger partial charge in [-0.15, -0.1) is 0 Å². The lowest BCUT2D eigenvalue weighted by Gasteiger charge is -2.25. The predicted octanol–water partition coefficient (Wildman–Crippen LogP) is 3.00. The Morgan fingerprint density at radius 1 is 1.30 bits per heavy atom. The second-order valence-electron chi connectivity index (χ2n) is 5.95. The van der Waals surface area contributed by atoms with Gasteiger partial charge in [-0.1, -0.05) is 37.1 Å². The van der Waals surface area contributed by atoms with E-state index in [9.17, 15) is 4.79 Å². The molecule has 20 heavy (non-hydrogen) atoms. The molecule has 3 rings (SSSR count). The van der Waals surface area contributed by atoms with Crippen LogP contribution in [0.25, 0.3) is 0 Å². The largest absolute Gasteiger partial charge is 0.373 e. The summed E-state index contributed by atoms with van der Waals surface area (Å²) in [6.45, 7) is 1.53. The number of benzene rings is 1. The van der Waals surface area contributed by atoms with Crippen molar-refractivity contribution in [1.29, 1.82) is 0 Å². The van der Waals surface area contributed by atoms with Crippen molar-refractivity contribution in [3.63, 3.8) is 0 Å². The average Bonchev–Trinajstić information content (AvgIpc) is 3.28. The molecule has 0 spiro atoms. The first-order valence-corrected chi connectivity index (χ1v) is 7.79. The molecule has 1 unspecified atom stereocenters. The van der Waals surface area contributed by atoms with Crippen molar-refractivity contribution < 1.29 is 9.53 Å². The summed E-state index contributed by atoms with van der Waals surface area (Å²) >= 11 is 0. The molecule has 108 valence electrons. The molecular formula is C17H23NO2. The molecule has 1 N–H and O–H groups in total. The highest BCUT2D eigenvalue weighted by atomic mass is 16.5. The van der Waals surface area contributed by atoms with E-state index < -0.39 is 0 Å². The molecule has 1 aromatic rings. The van der Waals surface area contributed by atoms with E-state index in [1.165, 1.54) is 30.4 Å². The first-order valence-electron chi connectivity index (χ1n) is 7.79. The minimum atomic E-state index is -0.0663. The summed E-state index contributed by atoms with van der Waals surface area (Å²) in [6, 6.07) is 8.30. The van der Waals surface area contributed by atoms with Gasteiger partial charge in [0, 0.05) is 6.54 Å². The van der Waals surface area contributed by atoms with Crippen molar-refractivity contribution in [3.05, 3.63) is 35.4 Å². The quantitative estimate of drug-likeness (QED) is 0.809. The van der Waals surface area contributed by atoms with Gasteiger partial charge >= 0.3 is 0 Å². The number of fused-ring (bicyclic) bond motifs is 1. The van der Waals surface area contributed by atoms with Gasteiger partial charge in [0.15, 0.2) is 0 Å². The van der Waals surface area contributed by atoms with Crippen molar-refractivity contribution in [3.8, 4) is 0 Å². The molecule has 0 bridgehead atoms. The SMILES string of the molecule is O=C(CC1OCCc2ccccc21)NCCCC1CC1. The van der Waals surface area contributed by atoms with Crippen LogP contribution in [0.15, 0.2) is 24.3 Å². The van der Waals surface area contributed by atoms with Crippen LogP contribution >= 0.6 is 0 Å². The monoisotopic (exact) mass is 273 g/mol. The molecule has 1 atom stereocenters. The molecule has 1 aliphatic heterocycles. The predicted molar refractivity (Wildman–Crippen MR) is 78.4 cm³/mol. The maximum Gasteiger partial charge on any atom is 0.222 e. The second-order valence-corrected chi connectivity index (χ2v) is 5.95. The van der Waals surface area contributed by atoms with Crippen LogP contribution < -0.4 is 5.32 Å². The number of amides is 1. The summed E-state index contributed by atoms with van der Waals surface area (Å²) in [7, 11) is 0. The Balaban J connectivity index is 1.46. The van der Waals surface area contributed by atoms with Crippen molar-refractivity contribution >= 4 is 5.91 Å². The number of rotatable bonds is 6. The Hall–Kier alpha value is -1.35. The highest BCUT2D eigenvalue weighted by Crippen LogP contribution is 2.33. The minimum Gasteiger partial charge on any atom is -0.373 e. The lowest BCUT2D eigenvalue weighted by molar-refractivity contribution is -0.124. The van der Waals surface area contributed by atoms with Crippen LogP contribution in [0, 0.1) is 5.92 Å². The van der Waals surface area contributed by atoms with Gasteiger partial charge in [-0.25, -0.2) is 0 Å². The average molecular weight is 273 g/mol. The highest BCUT2D eigenvalue weighted by molar-refractivity contribution is 5.76. The molecule has 1 aromatic carbocycles. The van der Waals surface area contributed by atoms with E-state index in [-0.39, 0.29) is 12.0 Å². The summed E-state index contributed by atoms with van der Waals surface area (Å²) in [5, 5.41) is 3.02. The van der Waals surface area contributed by atoms with E-state index in [0.29, 0.717) is 6.42 Å². The summed E-state index contributed by atoms with van der Waals surface area (Å²) in [4.78, 5) is 12.0. The minimum absolute atomic E-state index is 0.0663. The number of carbonyl (C=O) groups excluding carboxylic acids is 1. The van der Waals surface area contributed by atoms with Crippen LogP contribution in [-0.2, 0) is 16.0 Å².